The number of nitriles is 1. The molecule has 1 heterocycles. The number of nitrogens with zero attached hydrogens (tertiary/aromatic N) is 1. The van der Waals surface area contributed by atoms with Crippen LogP contribution in [0, 0.1) is 11.3 Å². The second-order valence-corrected chi connectivity index (χ2v) is 5.95. The van der Waals surface area contributed by atoms with Crippen LogP contribution in [0.2, 0.25) is 0 Å². The zero-order valence-electron chi connectivity index (χ0n) is 13.3. The van der Waals surface area contributed by atoms with E-state index >= 15 is 0 Å². The van der Waals surface area contributed by atoms with E-state index in [4.69, 9.17) is 14.3 Å². The molecule has 128 valence electrons. The van der Waals surface area contributed by atoms with Gasteiger partial charge < -0.3 is 19.7 Å². The van der Waals surface area contributed by atoms with Crippen LogP contribution < -0.4 is 5.48 Å². The van der Waals surface area contributed by atoms with Gasteiger partial charge in [-0.2, -0.15) is 10.7 Å². The van der Waals surface area contributed by atoms with Crippen LogP contribution in [0.15, 0.2) is 42.0 Å². The Morgan fingerprint density at radius 2 is 2.12 bits per heavy atom. The van der Waals surface area contributed by atoms with Gasteiger partial charge in [0.2, 0.25) is 0 Å². The van der Waals surface area contributed by atoms with E-state index in [0.717, 1.165) is 5.56 Å². The van der Waals surface area contributed by atoms with Crippen LogP contribution >= 0.6 is 0 Å². The summed E-state index contributed by atoms with van der Waals surface area (Å²) < 4.78 is 10.8. The number of aliphatic hydroxyl groups is 2. The van der Waals surface area contributed by atoms with Gasteiger partial charge in [0.15, 0.2) is 6.29 Å². The van der Waals surface area contributed by atoms with Crippen molar-refractivity contribution >= 4 is 0 Å². The summed E-state index contributed by atoms with van der Waals surface area (Å²) in [6.07, 6.45) is -2.22. The summed E-state index contributed by atoms with van der Waals surface area (Å²) >= 11 is 0. The highest BCUT2D eigenvalue weighted by atomic mass is 16.7. The fourth-order valence-corrected chi connectivity index (χ4v) is 3.17. The lowest BCUT2D eigenvalue weighted by atomic mass is 9.72. The van der Waals surface area contributed by atoms with Crippen LogP contribution in [0.5, 0.6) is 0 Å². The minimum atomic E-state index is -1.19. The SMILES string of the molecule is CO[C@H]1CC2(NOCc3ccccc3)C(C#N)=CC(O)[C@@H](O1)C2O. The van der Waals surface area contributed by atoms with Crippen LogP contribution in [0.3, 0.4) is 0 Å². The first-order chi connectivity index (χ1) is 11.6. The van der Waals surface area contributed by atoms with E-state index < -0.39 is 30.1 Å². The molecule has 7 nitrogen and oxygen atoms in total. The molecule has 3 N–H and O–H groups in total. The van der Waals surface area contributed by atoms with E-state index in [9.17, 15) is 15.5 Å². The van der Waals surface area contributed by atoms with Gasteiger partial charge in [0.25, 0.3) is 0 Å². The molecule has 2 bridgehead atoms. The quantitative estimate of drug-likeness (QED) is 0.670. The Bertz CT molecular complexity index is 644. The van der Waals surface area contributed by atoms with Crippen molar-refractivity contribution in [3.05, 3.63) is 47.5 Å². The molecule has 7 heteroatoms. The van der Waals surface area contributed by atoms with Crippen LogP contribution in [0.1, 0.15) is 12.0 Å². The molecule has 5 atom stereocenters. The van der Waals surface area contributed by atoms with E-state index in [2.05, 4.69) is 5.48 Å². The normalized spacial score (nSPS) is 35.2. The van der Waals surface area contributed by atoms with E-state index in [1.807, 2.05) is 36.4 Å². The molecular formula is C17H20N2O5. The monoisotopic (exact) mass is 332 g/mol. The predicted octanol–water partition coefficient (Wildman–Crippen LogP) is 0.393. The number of ether oxygens (including phenoxy) is 2. The molecule has 1 fully saturated rings. The second kappa shape index (κ2) is 6.99. The van der Waals surface area contributed by atoms with Gasteiger partial charge in [-0.25, -0.2) is 0 Å². The Labute approximate surface area is 140 Å². The Morgan fingerprint density at radius 3 is 2.79 bits per heavy atom. The van der Waals surface area contributed by atoms with Gasteiger partial charge in [0, 0.05) is 13.5 Å². The molecule has 0 spiro atoms. The van der Waals surface area contributed by atoms with Gasteiger partial charge in [0.05, 0.1) is 18.2 Å². The molecule has 1 aliphatic carbocycles. The number of fused-ring (bicyclic) bond motifs is 2. The summed E-state index contributed by atoms with van der Waals surface area (Å²) in [6, 6.07) is 11.6. The molecule has 0 radical (unpaired) electrons. The molecule has 1 aromatic carbocycles. The number of aliphatic hydroxyl groups excluding tert-OH is 2. The minimum Gasteiger partial charge on any atom is -0.388 e. The number of hydroxylamine groups is 1. The van der Waals surface area contributed by atoms with E-state index in [-0.39, 0.29) is 18.6 Å². The van der Waals surface area contributed by atoms with Crippen molar-refractivity contribution in [3.63, 3.8) is 0 Å². The number of methoxy groups -OCH3 is 1. The molecule has 3 rings (SSSR count). The second-order valence-electron chi connectivity index (χ2n) is 5.95. The third-order valence-electron chi connectivity index (χ3n) is 4.49. The van der Waals surface area contributed by atoms with Crippen LogP contribution in [-0.2, 0) is 20.9 Å². The number of rotatable bonds is 5. The van der Waals surface area contributed by atoms with Gasteiger partial charge in [0.1, 0.15) is 23.9 Å². The topological polar surface area (TPSA) is 104 Å². The summed E-state index contributed by atoms with van der Waals surface area (Å²) in [6.45, 7) is 0.264. The Balaban J connectivity index is 1.82. The highest BCUT2D eigenvalue weighted by Crippen LogP contribution is 2.40. The number of nitrogens with one attached hydrogen (secondary N) is 1. The first-order valence-electron chi connectivity index (χ1n) is 7.70. The standard InChI is InChI=1S/C17H20N2O5/c1-22-14-8-17(19-23-10-11-5-3-2-4-6-11)12(9-18)7-13(20)15(24-14)16(17)21/h2-7,13-16,19-21H,8,10H2,1H3/t13?,14-,15-,16?,17?/m1/s1. The molecule has 0 saturated carbocycles. The maximum atomic E-state index is 10.6. The Morgan fingerprint density at radius 1 is 1.38 bits per heavy atom. The maximum Gasteiger partial charge on any atom is 0.160 e. The highest BCUT2D eigenvalue weighted by Gasteiger charge is 2.57. The third-order valence-corrected chi connectivity index (χ3v) is 4.49. The zero-order valence-corrected chi connectivity index (χ0v) is 13.3. The van der Waals surface area contributed by atoms with Crippen molar-refractivity contribution in [1.29, 1.82) is 5.26 Å². The molecule has 24 heavy (non-hydrogen) atoms. The lowest BCUT2D eigenvalue weighted by Crippen LogP contribution is -2.69. The van der Waals surface area contributed by atoms with Crippen molar-refractivity contribution in [3.8, 4) is 6.07 Å². The summed E-state index contributed by atoms with van der Waals surface area (Å²) in [5, 5.41) is 30.2. The average Bonchev–Trinajstić information content (AvgIpc) is 2.60. The summed E-state index contributed by atoms with van der Waals surface area (Å²) in [5.41, 5.74) is 2.80. The molecular weight excluding hydrogens is 312 g/mol. The Kier molecular flexibility index (Phi) is 4.96. The molecule has 1 aromatic rings. The molecule has 2 aliphatic rings. The zero-order chi connectivity index (χ0) is 17.2. The Hall–Kier alpha value is -1.79. The maximum absolute atomic E-state index is 10.6. The fourth-order valence-electron chi connectivity index (χ4n) is 3.17. The first kappa shape index (κ1) is 17.0. The van der Waals surface area contributed by atoms with E-state index in [0.29, 0.717) is 0 Å². The number of benzene rings is 1. The summed E-state index contributed by atoms with van der Waals surface area (Å²) in [7, 11) is 1.47. The average molecular weight is 332 g/mol. The summed E-state index contributed by atoms with van der Waals surface area (Å²) in [5.74, 6) is 0. The molecule has 1 saturated heterocycles. The van der Waals surface area contributed by atoms with Crippen molar-refractivity contribution < 1.29 is 24.5 Å². The number of hydrogen-bond acceptors (Lipinski definition) is 7. The first-order valence-corrected chi connectivity index (χ1v) is 7.70. The van der Waals surface area contributed by atoms with Gasteiger partial charge in [-0.1, -0.05) is 30.3 Å². The van der Waals surface area contributed by atoms with E-state index in [1.165, 1.54) is 13.2 Å². The van der Waals surface area contributed by atoms with Gasteiger partial charge in [-0.05, 0) is 11.6 Å². The van der Waals surface area contributed by atoms with Crippen molar-refractivity contribution in [2.75, 3.05) is 7.11 Å². The van der Waals surface area contributed by atoms with Gasteiger partial charge in [-0.3, -0.25) is 4.84 Å². The fraction of sp³-hybridized carbons (Fsp3) is 0.471. The van der Waals surface area contributed by atoms with Crippen LogP contribution in [0.4, 0.5) is 0 Å². The molecule has 0 aromatic heterocycles. The predicted molar refractivity (Wildman–Crippen MR) is 83.1 cm³/mol. The van der Waals surface area contributed by atoms with Crippen LogP contribution in [-0.4, -0.2) is 47.5 Å². The number of hydrogen-bond donors (Lipinski definition) is 3. The highest BCUT2D eigenvalue weighted by molar-refractivity contribution is 5.41. The van der Waals surface area contributed by atoms with Crippen molar-refractivity contribution in [1.82, 2.24) is 5.48 Å². The summed E-state index contributed by atoms with van der Waals surface area (Å²) in [4.78, 5) is 5.57. The largest absolute Gasteiger partial charge is 0.388 e. The molecule has 0 amide bonds. The van der Waals surface area contributed by atoms with Gasteiger partial charge >= 0.3 is 0 Å². The third kappa shape index (κ3) is 2.96. The lowest BCUT2D eigenvalue weighted by Gasteiger charge is -2.50. The molecule has 1 aliphatic heterocycles. The van der Waals surface area contributed by atoms with Crippen LogP contribution in [0.25, 0.3) is 0 Å². The van der Waals surface area contributed by atoms with E-state index in [1.54, 1.807) is 0 Å². The van der Waals surface area contributed by atoms with Gasteiger partial charge in [-0.15, -0.1) is 0 Å². The van der Waals surface area contributed by atoms with Crippen molar-refractivity contribution in [2.24, 2.45) is 0 Å². The lowest BCUT2D eigenvalue weighted by molar-refractivity contribution is -0.268. The minimum absolute atomic E-state index is 0.183. The van der Waals surface area contributed by atoms with Crippen molar-refractivity contribution in [2.45, 2.75) is 43.2 Å². The molecule has 3 unspecified atom stereocenters. The smallest absolute Gasteiger partial charge is 0.160 e.